The number of aryl methyl sites for hydroxylation is 2. The summed E-state index contributed by atoms with van der Waals surface area (Å²) in [7, 11) is 1.89. The zero-order valence-electron chi connectivity index (χ0n) is 9.74. The third kappa shape index (κ3) is 1.35. The summed E-state index contributed by atoms with van der Waals surface area (Å²) in [5, 5.41) is 4.29. The van der Waals surface area contributed by atoms with E-state index in [1.54, 1.807) is 4.68 Å². The number of aldehydes is 1. The molecule has 0 atom stereocenters. The smallest absolute Gasteiger partial charge is 0.155 e. The Morgan fingerprint density at radius 3 is 2.53 bits per heavy atom. The summed E-state index contributed by atoms with van der Waals surface area (Å²) in [5.41, 5.74) is 1.69. The van der Waals surface area contributed by atoms with Gasteiger partial charge in [-0.15, -0.1) is 0 Å². The average Bonchev–Trinajstić information content (AvgIpc) is 2.40. The Morgan fingerprint density at radius 2 is 2.13 bits per heavy atom. The molecule has 0 N–H and O–H groups in total. The Morgan fingerprint density at radius 1 is 1.47 bits per heavy atom. The molecular weight excluding hydrogens is 190 g/mol. The molecular formula is C11H17N3O. The molecule has 0 spiro atoms. The van der Waals surface area contributed by atoms with E-state index in [0.717, 1.165) is 36.3 Å². The number of hydrogen-bond acceptors (Lipinski definition) is 3. The quantitative estimate of drug-likeness (QED) is 0.690. The van der Waals surface area contributed by atoms with Gasteiger partial charge < -0.3 is 4.90 Å². The van der Waals surface area contributed by atoms with Crippen molar-refractivity contribution in [1.82, 2.24) is 9.78 Å². The minimum absolute atomic E-state index is 0.151. The standard InChI is InChI=1S/C11H17N3O/c1-8-9(7-15)10(13(4)12-8)14-6-5-11(14,2)3/h7H,5-6H2,1-4H3. The maximum atomic E-state index is 11.0. The first kappa shape index (κ1) is 10.2. The highest BCUT2D eigenvalue weighted by Gasteiger charge is 2.39. The third-order valence-corrected chi connectivity index (χ3v) is 3.29. The highest BCUT2D eigenvalue weighted by Crippen LogP contribution is 2.36. The highest BCUT2D eigenvalue weighted by molar-refractivity contribution is 5.85. The van der Waals surface area contributed by atoms with Gasteiger partial charge in [0, 0.05) is 19.1 Å². The lowest BCUT2D eigenvalue weighted by atomic mass is 9.88. The SMILES string of the molecule is Cc1nn(C)c(N2CCC2(C)C)c1C=O. The van der Waals surface area contributed by atoms with E-state index < -0.39 is 0 Å². The van der Waals surface area contributed by atoms with Gasteiger partial charge in [0.05, 0.1) is 11.3 Å². The number of anilines is 1. The van der Waals surface area contributed by atoms with Gasteiger partial charge in [-0.25, -0.2) is 0 Å². The summed E-state index contributed by atoms with van der Waals surface area (Å²) in [6, 6.07) is 0. The molecule has 0 amide bonds. The number of carbonyl (C=O) groups is 1. The monoisotopic (exact) mass is 207 g/mol. The molecule has 4 heteroatoms. The second kappa shape index (κ2) is 3.08. The van der Waals surface area contributed by atoms with Crippen molar-refractivity contribution in [2.24, 2.45) is 7.05 Å². The summed E-state index contributed by atoms with van der Waals surface area (Å²) < 4.78 is 1.81. The predicted octanol–water partition coefficient (Wildman–Crippen LogP) is 1.53. The first-order chi connectivity index (χ1) is 6.97. The van der Waals surface area contributed by atoms with E-state index >= 15 is 0 Å². The molecule has 15 heavy (non-hydrogen) atoms. The molecule has 1 aromatic rings. The van der Waals surface area contributed by atoms with Crippen LogP contribution in [-0.2, 0) is 7.05 Å². The van der Waals surface area contributed by atoms with Crippen molar-refractivity contribution in [2.75, 3.05) is 11.4 Å². The molecule has 82 valence electrons. The van der Waals surface area contributed by atoms with E-state index in [2.05, 4.69) is 23.8 Å². The number of rotatable bonds is 2. The maximum Gasteiger partial charge on any atom is 0.155 e. The number of hydrogen-bond donors (Lipinski definition) is 0. The molecule has 1 aliphatic heterocycles. The summed E-state index contributed by atoms with van der Waals surface area (Å²) in [6.45, 7) is 7.26. The van der Waals surface area contributed by atoms with Crippen molar-refractivity contribution in [1.29, 1.82) is 0 Å². The molecule has 1 fully saturated rings. The lowest BCUT2D eigenvalue weighted by Crippen LogP contribution is -2.57. The zero-order valence-corrected chi connectivity index (χ0v) is 9.74. The Hall–Kier alpha value is -1.32. The lowest BCUT2D eigenvalue weighted by Gasteiger charge is -2.50. The van der Waals surface area contributed by atoms with E-state index in [9.17, 15) is 4.79 Å². The van der Waals surface area contributed by atoms with Gasteiger partial charge in [-0.2, -0.15) is 5.10 Å². The topological polar surface area (TPSA) is 38.1 Å². The molecule has 4 nitrogen and oxygen atoms in total. The number of aromatic nitrogens is 2. The largest absolute Gasteiger partial charge is 0.351 e. The fourth-order valence-electron chi connectivity index (χ4n) is 2.18. The molecule has 1 aromatic heterocycles. The van der Waals surface area contributed by atoms with Crippen molar-refractivity contribution < 1.29 is 4.79 Å². The minimum atomic E-state index is 0.151. The van der Waals surface area contributed by atoms with E-state index in [1.165, 1.54) is 0 Å². The van der Waals surface area contributed by atoms with Gasteiger partial charge in [-0.3, -0.25) is 9.48 Å². The van der Waals surface area contributed by atoms with Crippen molar-refractivity contribution in [3.8, 4) is 0 Å². The van der Waals surface area contributed by atoms with E-state index in [-0.39, 0.29) is 5.54 Å². The molecule has 0 unspecified atom stereocenters. The van der Waals surface area contributed by atoms with Crippen LogP contribution in [0.2, 0.25) is 0 Å². The summed E-state index contributed by atoms with van der Waals surface area (Å²) in [5.74, 6) is 0.957. The normalized spacial score (nSPS) is 18.8. The fourth-order valence-corrected chi connectivity index (χ4v) is 2.18. The van der Waals surface area contributed by atoms with Gasteiger partial charge in [0.2, 0.25) is 0 Å². The minimum Gasteiger partial charge on any atom is -0.351 e. The summed E-state index contributed by atoms with van der Waals surface area (Å²) in [4.78, 5) is 13.3. The van der Waals surface area contributed by atoms with E-state index in [1.807, 2.05) is 14.0 Å². The van der Waals surface area contributed by atoms with Crippen molar-refractivity contribution in [3.05, 3.63) is 11.3 Å². The fraction of sp³-hybridized carbons (Fsp3) is 0.636. The molecule has 0 bridgehead atoms. The lowest BCUT2D eigenvalue weighted by molar-refractivity contribution is 0.112. The van der Waals surface area contributed by atoms with Crippen LogP contribution in [-0.4, -0.2) is 28.2 Å². The van der Waals surface area contributed by atoms with Crippen LogP contribution in [0.25, 0.3) is 0 Å². The molecule has 1 aliphatic rings. The van der Waals surface area contributed by atoms with Crippen LogP contribution in [0.15, 0.2) is 0 Å². The molecule has 0 saturated carbocycles. The van der Waals surface area contributed by atoms with Crippen LogP contribution in [0.4, 0.5) is 5.82 Å². The molecule has 0 radical (unpaired) electrons. The van der Waals surface area contributed by atoms with Gasteiger partial charge in [-0.1, -0.05) is 0 Å². The molecule has 1 saturated heterocycles. The van der Waals surface area contributed by atoms with Crippen LogP contribution >= 0.6 is 0 Å². The molecule has 2 heterocycles. The Labute approximate surface area is 89.9 Å². The van der Waals surface area contributed by atoms with Gasteiger partial charge in [0.1, 0.15) is 5.82 Å². The molecule has 0 aromatic carbocycles. The first-order valence-electron chi connectivity index (χ1n) is 5.24. The Balaban J connectivity index is 2.48. The second-order valence-electron chi connectivity index (χ2n) is 4.78. The van der Waals surface area contributed by atoms with Crippen molar-refractivity contribution in [2.45, 2.75) is 32.7 Å². The summed E-state index contributed by atoms with van der Waals surface area (Å²) in [6.07, 6.45) is 2.07. The van der Waals surface area contributed by atoms with Gasteiger partial charge >= 0.3 is 0 Å². The summed E-state index contributed by atoms with van der Waals surface area (Å²) >= 11 is 0. The van der Waals surface area contributed by atoms with Crippen LogP contribution in [0.1, 0.15) is 36.3 Å². The number of carbonyl (C=O) groups excluding carboxylic acids is 1. The Bertz CT molecular complexity index is 406. The van der Waals surface area contributed by atoms with Gasteiger partial charge in [-0.05, 0) is 27.2 Å². The molecule has 2 rings (SSSR count). The average molecular weight is 207 g/mol. The molecule has 0 aliphatic carbocycles. The predicted molar refractivity (Wildman–Crippen MR) is 59.4 cm³/mol. The van der Waals surface area contributed by atoms with E-state index in [0.29, 0.717) is 0 Å². The van der Waals surface area contributed by atoms with Crippen molar-refractivity contribution >= 4 is 12.1 Å². The van der Waals surface area contributed by atoms with Crippen molar-refractivity contribution in [3.63, 3.8) is 0 Å². The maximum absolute atomic E-state index is 11.0. The Kier molecular flexibility index (Phi) is 2.10. The van der Waals surface area contributed by atoms with Crippen LogP contribution in [0, 0.1) is 6.92 Å². The van der Waals surface area contributed by atoms with Crippen LogP contribution < -0.4 is 4.90 Å². The van der Waals surface area contributed by atoms with E-state index in [4.69, 9.17) is 0 Å². The van der Waals surface area contributed by atoms with Crippen LogP contribution in [0.5, 0.6) is 0 Å². The van der Waals surface area contributed by atoms with Crippen LogP contribution in [0.3, 0.4) is 0 Å². The third-order valence-electron chi connectivity index (χ3n) is 3.29. The zero-order chi connectivity index (χ0) is 11.2. The number of nitrogens with zero attached hydrogens (tertiary/aromatic N) is 3. The van der Waals surface area contributed by atoms with Gasteiger partial charge in [0.25, 0.3) is 0 Å². The second-order valence-corrected chi connectivity index (χ2v) is 4.78. The highest BCUT2D eigenvalue weighted by atomic mass is 16.1. The van der Waals surface area contributed by atoms with Gasteiger partial charge in [0.15, 0.2) is 6.29 Å². The first-order valence-corrected chi connectivity index (χ1v) is 5.24.